The van der Waals surface area contributed by atoms with Crippen LogP contribution in [-0.2, 0) is 9.47 Å². The van der Waals surface area contributed by atoms with Crippen molar-refractivity contribution in [3.63, 3.8) is 0 Å². The highest BCUT2D eigenvalue weighted by Gasteiger charge is 2.46. The van der Waals surface area contributed by atoms with Crippen molar-refractivity contribution in [1.82, 2.24) is 12.3 Å². The lowest BCUT2D eigenvalue weighted by atomic mass is 10.1. The van der Waals surface area contributed by atoms with Crippen LogP contribution < -0.4 is 12.3 Å². The fourth-order valence-corrected chi connectivity index (χ4v) is 1.46. The minimum absolute atomic E-state index is 0. The van der Waals surface area contributed by atoms with Gasteiger partial charge in [-0.05, 0) is 0 Å². The Kier molecular flexibility index (Phi) is 4.04. The van der Waals surface area contributed by atoms with Crippen molar-refractivity contribution in [2.45, 2.75) is 24.4 Å². The van der Waals surface area contributed by atoms with Gasteiger partial charge in [-0.3, -0.25) is 0 Å². The van der Waals surface area contributed by atoms with E-state index >= 15 is 0 Å². The molecule has 0 spiro atoms. The van der Waals surface area contributed by atoms with E-state index in [2.05, 4.69) is 0 Å². The van der Waals surface area contributed by atoms with Crippen LogP contribution in [0.25, 0.3) is 0 Å². The zero-order chi connectivity index (χ0) is 7.14. The second-order valence-electron chi connectivity index (χ2n) is 2.73. The highest BCUT2D eigenvalue weighted by molar-refractivity contribution is 4.93. The minimum Gasteiger partial charge on any atom is -0.388 e. The second kappa shape index (κ2) is 4.13. The largest absolute Gasteiger partial charge is 0.388 e. The van der Waals surface area contributed by atoms with Gasteiger partial charge in [0.2, 0.25) is 0 Å². The van der Waals surface area contributed by atoms with Gasteiger partial charge in [0.1, 0.15) is 24.4 Å². The standard InChI is InChI=1S/C6H10O4.2H3N/c7-3-1-9-6-4(8)2-10-5(3)6;;/h3-8H,1-2H2;2*1H3/t3-,4+,5-,6-;;/m1../s1. The van der Waals surface area contributed by atoms with Gasteiger partial charge in [-0.25, -0.2) is 0 Å². The van der Waals surface area contributed by atoms with Gasteiger partial charge in [-0.1, -0.05) is 0 Å². The maximum atomic E-state index is 9.16. The summed E-state index contributed by atoms with van der Waals surface area (Å²) >= 11 is 0. The molecule has 0 aromatic heterocycles. The molecule has 2 aliphatic rings. The SMILES string of the molecule is N.N.O[C@@H]1CO[C@H]2[C@@H]1OC[C@@H]2O. The van der Waals surface area contributed by atoms with Gasteiger partial charge in [0, 0.05) is 0 Å². The van der Waals surface area contributed by atoms with Crippen LogP contribution in [0.3, 0.4) is 0 Å². The topological polar surface area (TPSA) is 129 Å². The molecular formula is C6H16N2O4. The fraction of sp³-hybridized carbons (Fsp3) is 1.00. The number of ether oxygens (including phenoxy) is 2. The van der Waals surface area contributed by atoms with Crippen molar-refractivity contribution in [1.29, 1.82) is 0 Å². The van der Waals surface area contributed by atoms with Gasteiger partial charge in [-0.2, -0.15) is 0 Å². The van der Waals surface area contributed by atoms with Gasteiger partial charge >= 0.3 is 0 Å². The van der Waals surface area contributed by atoms with Crippen molar-refractivity contribution in [3.05, 3.63) is 0 Å². The first-order valence-electron chi connectivity index (χ1n) is 3.38. The molecule has 4 atom stereocenters. The maximum Gasteiger partial charge on any atom is 0.114 e. The quantitative estimate of drug-likeness (QED) is 0.371. The summed E-state index contributed by atoms with van der Waals surface area (Å²) in [5, 5.41) is 18.3. The van der Waals surface area contributed by atoms with E-state index in [1.807, 2.05) is 0 Å². The first kappa shape index (κ1) is 11.8. The summed E-state index contributed by atoms with van der Waals surface area (Å²) in [6.45, 7) is 0.568. The van der Waals surface area contributed by atoms with E-state index in [1.54, 1.807) is 0 Å². The van der Waals surface area contributed by atoms with Crippen LogP contribution >= 0.6 is 0 Å². The molecule has 0 unspecified atom stereocenters. The number of fused-ring (bicyclic) bond motifs is 1. The highest BCUT2D eigenvalue weighted by atomic mass is 16.6. The Bertz CT molecular complexity index is 130. The predicted octanol–water partition coefficient (Wildman–Crippen LogP) is -1.17. The Morgan fingerprint density at radius 2 is 1.17 bits per heavy atom. The van der Waals surface area contributed by atoms with Crippen LogP contribution in [0.4, 0.5) is 0 Å². The van der Waals surface area contributed by atoms with Gasteiger partial charge in [-0.15, -0.1) is 0 Å². The van der Waals surface area contributed by atoms with Crippen LogP contribution in [0.5, 0.6) is 0 Å². The molecule has 74 valence electrons. The van der Waals surface area contributed by atoms with E-state index in [1.165, 1.54) is 0 Å². The van der Waals surface area contributed by atoms with Crippen molar-refractivity contribution in [2.75, 3.05) is 13.2 Å². The molecule has 2 heterocycles. The molecule has 8 N–H and O–H groups in total. The molecule has 0 radical (unpaired) electrons. The highest BCUT2D eigenvalue weighted by Crippen LogP contribution is 2.26. The summed E-state index contributed by atoms with van der Waals surface area (Å²) in [5.74, 6) is 0. The summed E-state index contributed by atoms with van der Waals surface area (Å²) in [6, 6.07) is 0. The summed E-state index contributed by atoms with van der Waals surface area (Å²) < 4.78 is 10.2. The monoisotopic (exact) mass is 180 g/mol. The molecular weight excluding hydrogens is 164 g/mol. The third-order valence-electron chi connectivity index (χ3n) is 2.00. The second-order valence-corrected chi connectivity index (χ2v) is 2.73. The molecule has 2 aliphatic heterocycles. The molecule has 0 saturated carbocycles. The Morgan fingerprint density at radius 3 is 1.50 bits per heavy atom. The lowest BCUT2D eigenvalue weighted by Gasteiger charge is -2.09. The average Bonchev–Trinajstić information content (AvgIpc) is 2.41. The average molecular weight is 180 g/mol. The summed E-state index contributed by atoms with van der Waals surface area (Å²) in [7, 11) is 0. The Balaban J connectivity index is 0.000000605. The van der Waals surface area contributed by atoms with E-state index in [-0.39, 0.29) is 37.7 Å². The molecule has 2 fully saturated rings. The lowest BCUT2D eigenvalue weighted by Crippen LogP contribution is -2.30. The maximum absolute atomic E-state index is 9.16. The fourth-order valence-electron chi connectivity index (χ4n) is 1.46. The Morgan fingerprint density at radius 1 is 0.833 bits per heavy atom. The normalized spacial score (nSPS) is 44.5. The molecule has 6 heteroatoms. The third kappa shape index (κ3) is 1.58. The molecule has 0 amide bonds. The number of aliphatic hydroxyl groups is 2. The van der Waals surface area contributed by atoms with Crippen molar-refractivity contribution >= 4 is 0 Å². The number of rotatable bonds is 0. The minimum atomic E-state index is -0.554. The molecule has 0 aromatic carbocycles. The number of hydrogen-bond donors (Lipinski definition) is 4. The molecule has 0 aliphatic carbocycles. The number of aliphatic hydroxyl groups excluding tert-OH is 2. The smallest absolute Gasteiger partial charge is 0.114 e. The van der Waals surface area contributed by atoms with E-state index in [0.717, 1.165) is 0 Å². The predicted molar refractivity (Wildman–Crippen MR) is 41.5 cm³/mol. The summed E-state index contributed by atoms with van der Waals surface area (Å²) in [4.78, 5) is 0. The zero-order valence-corrected chi connectivity index (χ0v) is 6.85. The Labute approximate surface area is 70.6 Å². The van der Waals surface area contributed by atoms with E-state index < -0.39 is 12.2 Å². The summed E-state index contributed by atoms with van der Waals surface area (Å²) in [6.07, 6.45) is -1.70. The van der Waals surface area contributed by atoms with Crippen LogP contribution in [0.1, 0.15) is 0 Å². The number of hydrogen-bond acceptors (Lipinski definition) is 6. The molecule has 2 saturated heterocycles. The first-order chi connectivity index (χ1) is 4.79. The first-order valence-corrected chi connectivity index (χ1v) is 3.38. The summed E-state index contributed by atoms with van der Waals surface area (Å²) in [5.41, 5.74) is 0. The zero-order valence-electron chi connectivity index (χ0n) is 6.85. The van der Waals surface area contributed by atoms with Crippen LogP contribution in [0.15, 0.2) is 0 Å². The van der Waals surface area contributed by atoms with Gasteiger partial charge in [0.05, 0.1) is 13.2 Å². The van der Waals surface area contributed by atoms with E-state index in [9.17, 15) is 0 Å². The van der Waals surface area contributed by atoms with Crippen molar-refractivity contribution in [2.24, 2.45) is 0 Å². The van der Waals surface area contributed by atoms with Gasteiger partial charge < -0.3 is 32.0 Å². The van der Waals surface area contributed by atoms with Crippen molar-refractivity contribution in [3.8, 4) is 0 Å². The molecule has 6 nitrogen and oxygen atoms in total. The van der Waals surface area contributed by atoms with E-state index in [4.69, 9.17) is 19.7 Å². The molecule has 0 bridgehead atoms. The van der Waals surface area contributed by atoms with Gasteiger partial charge in [0.15, 0.2) is 0 Å². The van der Waals surface area contributed by atoms with Gasteiger partial charge in [0.25, 0.3) is 0 Å². The molecule has 2 rings (SSSR count). The lowest BCUT2D eigenvalue weighted by molar-refractivity contribution is 0.00205. The van der Waals surface area contributed by atoms with Crippen LogP contribution in [-0.4, -0.2) is 47.8 Å². The van der Waals surface area contributed by atoms with Crippen molar-refractivity contribution < 1.29 is 19.7 Å². The third-order valence-corrected chi connectivity index (χ3v) is 2.00. The van der Waals surface area contributed by atoms with Crippen LogP contribution in [0, 0.1) is 0 Å². The Hall–Kier alpha value is -0.240. The molecule has 0 aromatic rings. The molecule has 12 heavy (non-hydrogen) atoms. The van der Waals surface area contributed by atoms with Crippen LogP contribution in [0.2, 0.25) is 0 Å². The van der Waals surface area contributed by atoms with E-state index in [0.29, 0.717) is 0 Å².